The van der Waals surface area contributed by atoms with Gasteiger partial charge in [-0.2, -0.15) is 35.1 Å². The van der Waals surface area contributed by atoms with Crippen molar-refractivity contribution in [3.8, 4) is 0 Å². The van der Waals surface area contributed by atoms with E-state index in [-0.39, 0.29) is 38.0 Å². The Morgan fingerprint density at radius 1 is 1.07 bits per heavy atom. The standard InChI is InChI=1S/C23H20ClF8N7O3S/c1-10(9-43(3)42)34-18(41)16-12(5-4-6-13(16)24)17(40)36-14-7-33-15(35-11(14)2)8-39-20(22(27,28)29)37-19(38-39)21(25,26)23(30,31)32/h4-7,10H,8-9H2,1-3H3,(H,34,41)(H,36,40)/t10-,43?/m0/s1. The van der Waals surface area contributed by atoms with Crippen LogP contribution in [-0.4, -0.2) is 65.0 Å². The van der Waals surface area contributed by atoms with E-state index in [2.05, 4.69) is 30.7 Å². The van der Waals surface area contributed by atoms with Gasteiger partial charge in [0.2, 0.25) is 11.6 Å². The molecule has 2 heterocycles. The number of hydrogen-bond acceptors (Lipinski definition) is 7. The monoisotopic (exact) mass is 661 g/mol. The summed E-state index contributed by atoms with van der Waals surface area (Å²) in [5, 5.41) is 7.63. The first-order valence-electron chi connectivity index (χ1n) is 11.7. The number of carbonyl (C=O) groups is 2. The molecule has 20 heteroatoms. The number of aryl methyl sites for hydroxylation is 1. The minimum Gasteiger partial charge on any atom is -0.349 e. The average Bonchev–Trinajstić information content (AvgIpc) is 3.29. The number of rotatable bonds is 9. The first-order chi connectivity index (χ1) is 19.7. The molecule has 0 fully saturated rings. The summed E-state index contributed by atoms with van der Waals surface area (Å²) < 4.78 is 117. The minimum absolute atomic E-state index is 0.0556. The van der Waals surface area contributed by atoms with Crippen molar-refractivity contribution in [2.45, 2.75) is 44.7 Å². The lowest BCUT2D eigenvalue weighted by molar-refractivity contribution is -0.292. The Morgan fingerprint density at radius 3 is 2.28 bits per heavy atom. The van der Waals surface area contributed by atoms with Gasteiger partial charge in [-0.25, -0.2) is 19.6 Å². The SMILES string of the molecule is Cc1nc(Cn2nc(C(F)(F)C(F)(F)F)nc2C(F)(F)F)ncc1NC(=O)c1cccc(Cl)c1C(=O)N[C@@H](C)CS(C)=O. The maximum absolute atomic E-state index is 13.6. The van der Waals surface area contributed by atoms with Crippen molar-refractivity contribution in [1.82, 2.24) is 30.0 Å². The molecule has 0 bridgehead atoms. The Bertz CT molecular complexity index is 1560. The van der Waals surface area contributed by atoms with E-state index in [4.69, 9.17) is 11.6 Å². The Labute approximate surface area is 244 Å². The van der Waals surface area contributed by atoms with E-state index in [0.717, 1.165) is 6.20 Å². The molecule has 234 valence electrons. The largest absolute Gasteiger partial charge is 0.461 e. The molecule has 0 radical (unpaired) electrons. The smallest absolute Gasteiger partial charge is 0.349 e. The van der Waals surface area contributed by atoms with E-state index in [1.165, 1.54) is 31.4 Å². The zero-order chi connectivity index (χ0) is 32.5. The molecule has 0 saturated heterocycles. The molecule has 2 N–H and O–H groups in total. The Morgan fingerprint density at radius 2 is 1.72 bits per heavy atom. The molecular weight excluding hydrogens is 642 g/mol. The number of aromatic nitrogens is 5. The van der Waals surface area contributed by atoms with E-state index >= 15 is 0 Å². The molecule has 2 amide bonds. The van der Waals surface area contributed by atoms with Crippen molar-refractivity contribution < 1.29 is 48.9 Å². The molecule has 0 spiro atoms. The summed E-state index contributed by atoms with van der Waals surface area (Å²) in [5.74, 6) is -12.3. The zero-order valence-electron chi connectivity index (χ0n) is 22.1. The van der Waals surface area contributed by atoms with E-state index < -0.39 is 70.9 Å². The molecule has 0 saturated carbocycles. The van der Waals surface area contributed by atoms with Crippen molar-refractivity contribution in [3.63, 3.8) is 0 Å². The van der Waals surface area contributed by atoms with Crippen LogP contribution in [0.4, 0.5) is 40.8 Å². The van der Waals surface area contributed by atoms with Crippen LogP contribution in [-0.2, 0) is 29.4 Å². The molecule has 1 unspecified atom stereocenters. The molecule has 43 heavy (non-hydrogen) atoms. The highest BCUT2D eigenvalue weighted by molar-refractivity contribution is 7.84. The Hall–Kier alpha value is -3.74. The number of benzene rings is 1. The van der Waals surface area contributed by atoms with E-state index in [1.54, 1.807) is 6.92 Å². The summed E-state index contributed by atoms with van der Waals surface area (Å²) in [4.78, 5) is 35.9. The lowest BCUT2D eigenvalue weighted by Gasteiger charge is -2.16. The zero-order valence-corrected chi connectivity index (χ0v) is 23.6. The van der Waals surface area contributed by atoms with Gasteiger partial charge >= 0.3 is 18.3 Å². The predicted molar refractivity (Wildman–Crippen MR) is 136 cm³/mol. The van der Waals surface area contributed by atoms with Gasteiger partial charge in [0.15, 0.2) is 0 Å². The van der Waals surface area contributed by atoms with Gasteiger partial charge in [0, 0.05) is 28.9 Å². The molecule has 3 rings (SSSR count). The number of hydrogen-bond donors (Lipinski definition) is 2. The van der Waals surface area contributed by atoms with Crippen LogP contribution < -0.4 is 10.6 Å². The Balaban J connectivity index is 1.87. The van der Waals surface area contributed by atoms with Crippen LogP contribution in [0.15, 0.2) is 24.4 Å². The van der Waals surface area contributed by atoms with Crippen LogP contribution in [0.1, 0.15) is 50.8 Å². The summed E-state index contributed by atoms with van der Waals surface area (Å²) in [5.41, 5.74) is -0.537. The second-order valence-electron chi connectivity index (χ2n) is 9.00. The maximum Gasteiger partial charge on any atom is 0.461 e. The normalized spacial score (nSPS) is 13.9. The highest BCUT2D eigenvalue weighted by Crippen LogP contribution is 2.43. The lowest BCUT2D eigenvalue weighted by Crippen LogP contribution is -2.37. The summed E-state index contributed by atoms with van der Waals surface area (Å²) in [6, 6.07) is 3.49. The number of carbonyl (C=O) groups excluding carboxylic acids is 2. The minimum atomic E-state index is -6.26. The molecule has 0 aliphatic rings. The molecule has 10 nitrogen and oxygen atoms in total. The maximum atomic E-state index is 13.6. The van der Waals surface area contributed by atoms with Crippen LogP contribution >= 0.6 is 11.6 Å². The molecule has 2 aromatic heterocycles. The predicted octanol–water partition coefficient (Wildman–Crippen LogP) is 4.50. The first-order valence-corrected chi connectivity index (χ1v) is 13.8. The van der Waals surface area contributed by atoms with Gasteiger partial charge < -0.3 is 10.6 Å². The summed E-state index contributed by atoms with van der Waals surface area (Å²) in [6.07, 6.45) is -9.33. The van der Waals surface area contributed by atoms with Crippen molar-refractivity contribution in [2.75, 3.05) is 17.3 Å². The average molecular weight is 662 g/mol. The first kappa shape index (κ1) is 33.8. The lowest BCUT2D eigenvalue weighted by atomic mass is 10.1. The summed E-state index contributed by atoms with van der Waals surface area (Å²) in [6.45, 7) is 1.77. The van der Waals surface area contributed by atoms with Crippen molar-refractivity contribution in [2.24, 2.45) is 0 Å². The van der Waals surface area contributed by atoms with Gasteiger partial charge in [-0.15, -0.1) is 5.10 Å². The molecule has 1 aromatic carbocycles. The van der Waals surface area contributed by atoms with Gasteiger partial charge in [0.1, 0.15) is 12.4 Å². The highest BCUT2D eigenvalue weighted by Gasteiger charge is 2.62. The van der Waals surface area contributed by atoms with Gasteiger partial charge in [-0.3, -0.25) is 13.8 Å². The van der Waals surface area contributed by atoms with Crippen LogP contribution in [0.3, 0.4) is 0 Å². The number of halogens is 9. The van der Waals surface area contributed by atoms with Crippen molar-refractivity contribution in [3.05, 3.63) is 63.7 Å². The molecule has 0 aliphatic carbocycles. The fraction of sp³-hybridized carbons (Fsp3) is 0.391. The fourth-order valence-corrected chi connectivity index (χ4v) is 4.64. The third-order valence-electron chi connectivity index (χ3n) is 5.48. The van der Waals surface area contributed by atoms with E-state index in [1.807, 2.05) is 0 Å². The number of anilines is 1. The summed E-state index contributed by atoms with van der Waals surface area (Å²) in [7, 11) is -1.23. The molecular formula is C23H20ClF8N7O3S. The van der Waals surface area contributed by atoms with Crippen LogP contribution in [0.25, 0.3) is 0 Å². The third-order valence-corrected chi connectivity index (χ3v) is 6.76. The quantitative estimate of drug-likeness (QED) is 0.323. The van der Waals surface area contributed by atoms with Crippen LogP contribution in [0.2, 0.25) is 5.02 Å². The molecule has 3 aromatic rings. The van der Waals surface area contributed by atoms with Gasteiger partial charge in [-0.05, 0) is 26.0 Å². The van der Waals surface area contributed by atoms with Gasteiger partial charge in [0.25, 0.3) is 11.8 Å². The number of nitrogens with zero attached hydrogens (tertiary/aromatic N) is 5. The number of nitrogens with one attached hydrogen (secondary N) is 2. The number of amides is 2. The van der Waals surface area contributed by atoms with Crippen LogP contribution in [0.5, 0.6) is 0 Å². The van der Waals surface area contributed by atoms with Crippen molar-refractivity contribution in [1.29, 1.82) is 0 Å². The van der Waals surface area contributed by atoms with Crippen molar-refractivity contribution >= 4 is 39.9 Å². The second kappa shape index (κ2) is 12.5. The highest BCUT2D eigenvalue weighted by atomic mass is 35.5. The number of alkyl halides is 8. The molecule has 0 aliphatic heterocycles. The second-order valence-corrected chi connectivity index (χ2v) is 10.9. The third kappa shape index (κ3) is 7.81. The van der Waals surface area contributed by atoms with E-state index in [9.17, 15) is 48.9 Å². The van der Waals surface area contributed by atoms with E-state index in [0.29, 0.717) is 0 Å². The Kier molecular flexibility index (Phi) is 9.79. The van der Waals surface area contributed by atoms with Gasteiger partial charge in [-0.1, -0.05) is 17.7 Å². The summed E-state index contributed by atoms with van der Waals surface area (Å²) >= 11 is 6.16. The van der Waals surface area contributed by atoms with Gasteiger partial charge in [0.05, 0.1) is 33.7 Å². The molecule has 2 atom stereocenters. The van der Waals surface area contributed by atoms with Crippen LogP contribution in [0, 0.1) is 6.92 Å². The fourth-order valence-electron chi connectivity index (χ4n) is 3.59. The topological polar surface area (TPSA) is 132 Å².